The van der Waals surface area contributed by atoms with Gasteiger partial charge in [0.1, 0.15) is 34.5 Å². The molecule has 130 heavy (non-hydrogen) atoms. The van der Waals surface area contributed by atoms with Gasteiger partial charge in [-0.1, -0.05) is 408 Å². The number of unbranched alkanes of at least 4 members (excludes halogenated alkanes) is 10. The van der Waals surface area contributed by atoms with Crippen molar-refractivity contribution < 1.29 is 28.4 Å². The number of hydrogen-bond donors (Lipinski definition) is 0. The molecule has 0 N–H and O–H groups in total. The van der Waals surface area contributed by atoms with Crippen molar-refractivity contribution in [2.24, 2.45) is 47.3 Å². The summed E-state index contributed by atoms with van der Waals surface area (Å²) < 4.78 is 38.5. The molecule has 700 valence electrons. The molecule has 4 unspecified atom stereocenters. The SMILES string of the molecule is C/C=C/c1cc(OCCCCCCCC)c(/C=C/c2ccc3c(-c4ccc(OCCC(C)CCCC(C)C)cc4)c(C)ccc3c2-c2ccc(OCCC(C)CCCC(C)C)cc2)cc1OCCCCCCCC.C/C=C/c1ccc(/C=C/c2ccc3c(-c4ccc(OCCC(C)CCCC(C)C)cc4)c(C)ccc3c2-c2ccc(OCCC(C)CCCC(C)C)cc2)cc1. The molecule has 0 fully saturated rings. The Morgan fingerprint density at radius 3 is 0.831 bits per heavy atom. The van der Waals surface area contributed by atoms with Crippen LogP contribution in [-0.2, 0) is 0 Å². The Hall–Kier alpha value is -9.52. The minimum Gasteiger partial charge on any atom is -0.494 e. The fraction of sp³-hybridized carbons (Fsp3) is 0.484. The molecular weight excluding hydrogens is 1590 g/mol. The molecule has 0 aliphatic heterocycles. The molecule has 10 rings (SSSR count). The number of aryl methyl sites for hydroxylation is 2. The van der Waals surface area contributed by atoms with Crippen molar-refractivity contribution in [3.05, 3.63) is 239 Å². The van der Waals surface area contributed by atoms with E-state index in [4.69, 9.17) is 28.4 Å². The maximum Gasteiger partial charge on any atom is 0.127 e. The predicted octanol–water partition coefficient (Wildman–Crippen LogP) is 37.8. The van der Waals surface area contributed by atoms with Crippen LogP contribution in [0, 0.1) is 61.2 Å². The molecule has 0 heterocycles. The largest absolute Gasteiger partial charge is 0.494 e. The average molecular weight is 1750 g/mol. The van der Waals surface area contributed by atoms with Crippen molar-refractivity contribution in [2.75, 3.05) is 39.6 Å². The second kappa shape index (κ2) is 57.7. The Bertz CT molecular complexity index is 4990. The number of rotatable bonds is 58. The van der Waals surface area contributed by atoms with Crippen LogP contribution in [0.5, 0.6) is 34.5 Å². The first-order chi connectivity index (χ1) is 63.1. The third-order valence-corrected chi connectivity index (χ3v) is 26.1. The number of hydrogen-bond acceptors (Lipinski definition) is 6. The van der Waals surface area contributed by atoms with Crippen LogP contribution < -0.4 is 28.4 Å². The molecule has 6 nitrogen and oxygen atoms in total. The molecule has 6 heteroatoms. The summed E-state index contributed by atoms with van der Waals surface area (Å²) in [5.41, 5.74) is 19.0. The van der Waals surface area contributed by atoms with Crippen LogP contribution in [0.1, 0.15) is 335 Å². The van der Waals surface area contributed by atoms with Crippen LogP contribution in [0.4, 0.5) is 0 Å². The van der Waals surface area contributed by atoms with Gasteiger partial charge in [-0.05, 0) is 274 Å². The van der Waals surface area contributed by atoms with Crippen LogP contribution in [0.2, 0.25) is 0 Å². The van der Waals surface area contributed by atoms with Gasteiger partial charge < -0.3 is 28.4 Å². The second-order valence-electron chi connectivity index (χ2n) is 39.6. The Morgan fingerprint density at radius 2 is 0.508 bits per heavy atom. The van der Waals surface area contributed by atoms with E-state index in [-0.39, 0.29) is 0 Å². The highest BCUT2D eigenvalue weighted by molar-refractivity contribution is 6.10. The highest BCUT2D eigenvalue weighted by atomic mass is 16.5. The lowest BCUT2D eigenvalue weighted by atomic mass is 9.87. The molecule has 0 bridgehead atoms. The summed E-state index contributed by atoms with van der Waals surface area (Å²) in [4.78, 5) is 0. The summed E-state index contributed by atoms with van der Waals surface area (Å²) in [6.45, 7) is 45.5. The zero-order valence-corrected chi connectivity index (χ0v) is 84.0. The summed E-state index contributed by atoms with van der Waals surface area (Å²) in [5, 5.41) is 4.95. The lowest BCUT2D eigenvalue weighted by Crippen LogP contribution is -2.05. The first kappa shape index (κ1) is 104. The van der Waals surface area contributed by atoms with Crippen molar-refractivity contribution >= 4 is 58.0 Å². The highest BCUT2D eigenvalue weighted by Gasteiger charge is 2.21. The number of allylic oxidation sites excluding steroid dienone is 2. The van der Waals surface area contributed by atoms with E-state index in [1.165, 1.54) is 230 Å². The summed E-state index contributed by atoms with van der Waals surface area (Å²) in [6, 6.07) is 66.6. The van der Waals surface area contributed by atoms with E-state index in [2.05, 4.69) is 355 Å². The number of ether oxygens (including phenoxy) is 6. The van der Waals surface area contributed by atoms with Crippen molar-refractivity contribution in [1.29, 1.82) is 0 Å². The molecule has 0 spiro atoms. The molecule has 0 aliphatic carbocycles. The fourth-order valence-corrected chi connectivity index (χ4v) is 17.9. The number of fused-ring (bicyclic) bond motifs is 2. The quantitative estimate of drug-likeness (QED) is 0.0280. The van der Waals surface area contributed by atoms with Crippen molar-refractivity contribution in [3.8, 4) is 79.0 Å². The zero-order valence-electron chi connectivity index (χ0n) is 84.0. The van der Waals surface area contributed by atoms with Gasteiger partial charge in [0, 0.05) is 11.1 Å². The van der Waals surface area contributed by atoms with Gasteiger partial charge in [-0.2, -0.15) is 0 Å². The van der Waals surface area contributed by atoms with Crippen molar-refractivity contribution in [1.82, 2.24) is 0 Å². The predicted molar refractivity (Wildman–Crippen MR) is 569 cm³/mol. The third kappa shape index (κ3) is 35.5. The Kier molecular flexibility index (Phi) is 46.3. The maximum atomic E-state index is 6.70. The standard InChI is InChI=1S/C70H100O4.C54H68O2/c1-11-14-16-18-20-22-47-73-67-52-62(68(51-61(67)26-13-3)74-48-23-21-19-17-15-12-2)33-32-59-38-44-65-66(70(59)60-36-41-64(42-37-60)72-50-46-56(9)30-25-28-54(6)7)43-31-57(10)69(65)58-34-39-63(40-35-58)71-49-45-55(8)29-24-27-53(4)5;1-9-12-44-18-20-45(21-19-44)22-23-47-28-34-51-52(54(47)48-26-31-50(32-27-48)56-38-36-42(7)16-11-14-40(4)5)33-17-43(8)53(51)46-24-29-49(30-25-46)55-37-35-41(6)15-10-13-39(2)3/h13,26,31-44,51-56H,11-12,14-25,27-30,45-50H2,1-10H3;9,12,17-34,39-42H,10-11,13-16,35-38H2,1-8H3/b26-13+,33-32+;12-9+,23-22+. The summed E-state index contributed by atoms with van der Waals surface area (Å²) in [5.74, 6) is 11.3. The summed E-state index contributed by atoms with van der Waals surface area (Å²) >= 11 is 0. The van der Waals surface area contributed by atoms with Crippen LogP contribution >= 0.6 is 0 Å². The Morgan fingerprint density at radius 1 is 0.231 bits per heavy atom. The first-order valence-electron chi connectivity index (χ1n) is 51.3. The van der Waals surface area contributed by atoms with E-state index in [9.17, 15) is 0 Å². The minimum atomic E-state index is 0.654. The Labute approximate surface area is 790 Å². The molecule has 0 saturated carbocycles. The van der Waals surface area contributed by atoms with Crippen LogP contribution in [0.15, 0.2) is 194 Å². The zero-order chi connectivity index (χ0) is 92.8. The monoisotopic (exact) mass is 1750 g/mol. The smallest absolute Gasteiger partial charge is 0.127 e. The molecule has 0 aromatic heterocycles. The maximum absolute atomic E-state index is 6.70. The third-order valence-electron chi connectivity index (χ3n) is 26.1. The normalized spacial score (nSPS) is 12.8. The molecule has 0 radical (unpaired) electrons. The van der Waals surface area contributed by atoms with Gasteiger partial charge in [0.2, 0.25) is 0 Å². The molecule has 0 amide bonds. The van der Waals surface area contributed by atoms with Gasteiger partial charge in [0.25, 0.3) is 0 Å². The molecule has 4 atom stereocenters. The van der Waals surface area contributed by atoms with Gasteiger partial charge in [-0.25, -0.2) is 0 Å². The van der Waals surface area contributed by atoms with Gasteiger partial charge in [0.05, 0.1) is 39.6 Å². The van der Waals surface area contributed by atoms with Crippen LogP contribution in [0.3, 0.4) is 0 Å². The number of benzene rings is 10. The summed E-state index contributed by atoms with van der Waals surface area (Å²) in [6.07, 6.45) is 52.0. The van der Waals surface area contributed by atoms with Gasteiger partial charge in [0.15, 0.2) is 0 Å². The van der Waals surface area contributed by atoms with E-state index in [1.807, 2.05) is 0 Å². The van der Waals surface area contributed by atoms with Crippen molar-refractivity contribution in [3.63, 3.8) is 0 Å². The lowest BCUT2D eigenvalue weighted by Gasteiger charge is -2.18. The molecule has 0 aliphatic rings. The molecule has 10 aromatic rings. The molecular formula is C124H168O6. The van der Waals surface area contributed by atoms with E-state index in [0.717, 1.165) is 145 Å². The minimum absolute atomic E-state index is 0.654. The highest BCUT2D eigenvalue weighted by Crippen LogP contribution is 2.44. The topological polar surface area (TPSA) is 55.4 Å². The van der Waals surface area contributed by atoms with E-state index in [0.29, 0.717) is 36.9 Å². The van der Waals surface area contributed by atoms with E-state index in [1.54, 1.807) is 0 Å². The lowest BCUT2D eigenvalue weighted by molar-refractivity contribution is 0.275. The van der Waals surface area contributed by atoms with E-state index < -0.39 is 0 Å². The van der Waals surface area contributed by atoms with Crippen LogP contribution in [-0.4, -0.2) is 39.6 Å². The van der Waals surface area contributed by atoms with Crippen LogP contribution in [0.25, 0.3) is 103 Å². The summed E-state index contributed by atoms with van der Waals surface area (Å²) in [7, 11) is 0. The van der Waals surface area contributed by atoms with Gasteiger partial charge in [-0.3, -0.25) is 0 Å². The fourth-order valence-electron chi connectivity index (χ4n) is 17.9. The van der Waals surface area contributed by atoms with Gasteiger partial charge in [-0.15, -0.1) is 0 Å². The molecule has 10 aromatic carbocycles. The van der Waals surface area contributed by atoms with Crippen molar-refractivity contribution in [2.45, 2.75) is 304 Å². The molecule has 0 saturated heterocycles. The second-order valence-corrected chi connectivity index (χ2v) is 39.6. The van der Waals surface area contributed by atoms with Gasteiger partial charge >= 0.3 is 0 Å². The average Bonchev–Trinajstić information content (AvgIpc) is 0.757. The Balaban J connectivity index is 0.000000304. The van der Waals surface area contributed by atoms with E-state index >= 15 is 0 Å². The first-order valence-corrected chi connectivity index (χ1v) is 51.3.